The van der Waals surface area contributed by atoms with Crippen LogP contribution in [-0.4, -0.2) is 11.8 Å². The van der Waals surface area contributed by atoms with Crippen LogP contribution < -0.4 is 5.73 Å². The van der Waals surface area contributed by atoms with Gasteiger partial charge in [0, 0.05) is 6.42 Å². The molecular formula is C10H23NO. The third kappa shape index (κ3) is 6.35. The van der Waals surface area contributed by atoms with Gasteiger partial charge in [-0.3, -0.25) is 4.79 Å². The second-order valence-corrected chi connectivity index (χ2v) is 2.99. The first-order valence-corrected chi connectivity index (χ1v) is 4.87. The van der Waals surface area contributed by atoms with E-state index < -0.39 is 0 Å². The van der Waals surface area contributed by atoms with Crippen LogP contribution in [0.3, 0.4) is 0 Å². The Morgan fingerprint density at radius 1 is 1.33 bits per heavy atom. The molecule has 0 amide bonds. The van der Waals surface area contributed by atoms with Gasteiger partial charge in [0.25, 0.3) is 0 Å². The molecule has 2 heteroatoms. The number of ketones is 1. The number of Topliss-reactive ketones (excluding diaryl/α,β-unsaturated/α-hetero) is 1. The monoisotopic (exact) mass is 173 g/mol. The molecule has 74 valence electrons. The molecule has 0 heterocycles. The Hall–Kier alpha value is -0.370. The molecule has 1 unspecified atom stereocenters. The van der Waals surface area contributed by atoms with Crippen LogP contribution in [0.1, 0.15) is 47.5 Å². The fraction of sp³-hybridized carbons (Fsp3) is 0.900. The minimum Gasteiger partial charge on any atom is -0.321 e. The molecular weight excluding hydrogens is 150 g/mol. The first-order valence-electron chi connectivity index (χ1n) is 4.87. The summed E-state index contributed by atoms with van der Waals surface area (Å²) in [4.78, 5) is 11.1. The highest BCUT2D eigenvalue weighted by atomic mass is 16.1. The molecule has 0 radical (unpaired) electrons. The minimum atomic E-state index is -0.250. The highest BCUT2D eigenvalue weighted by Crippen LogP contribution is 2.02. The quantitative estimate of drug-likeness (QED) is 0.709. The van der Waals surface area contributed by atoms with Crippen LogP contribution >= 0.6 is 0 Å². The van der Waals surface area contributed by atoms with Gasteiger partial charge in [-0.2, -0.15) is 0 Å². The Labute approximate surface area is 76.5 Å². The lowest BCUT2D eigenvalue weighted by molar-refractivity contribution is -0.121. The van der Waals surface area contributed by atoms with Gasteiger partial charge in [-0.05, 0) is 12.3 Å². The molecule has 0 aliphatic heterocycles. The summed E-state index contributed by atoms with van der Waals surface area (Å²) in [6, 6.07) is -0.250. The van der Waals surface area contributed by atoms with Crippen molar-refractivity contribution in [3.63, 3.8) is 0 Å². The van der Waals surface area contributed by atoms with Gasteiger partial charge >= 0.3 is 0 Å². The normalized spacial score (nSPS) is 11.9. The van der Waals surface area contributed by atoms with Gasteiger partial charge < -0.3 is 5.73 Å². The molecule has 0 rings (SSSR count). The van der Waals surface area contributed by atoms with Gasteiger partial charge in [-0.1, -0.05) is 34.6 Å². The molecule has 2 nitrogen and oxygen atoms in total. The van der Waals surface area contributed by atoms with E-state index in [1.807, 2.05) is 34.6 Å². The Morgan fingerprint density at radius 2 is 1.75 bits per heavy atom. The first-order chi connectivity index (χ1) is 5.59. The third-order valence-electron chi connectivity index (χ3n) is 1.59. The Bertz CT molecular complexity index is 110. The smallest absolute Gasteiger partial charge is 0.149 e. The number of carbonyl (C=O) groups excluding carboxylic acids is 1. The molecule has 0 bridgehead atoms. The molecule has 1 atom stereocenters. The van der Waals surface area contributed by atoms with Gasteiger partial charge in [-0.25, -0.2) is 0 Å². The molecule has 0 aliphatic carbocycles. The van der Waals surface area contributed by atoms with Crippen molar-refractivity contribution >= 4 is 5.78 Å². The predicted octanol–water partition coefficient (Wildman–Crippen LogP) is 2.37. The lowest BCUT2D eigenvalue weighted by Gasteiger charge is -2.12. The maximum Gasteiger partial charge on any atom is 0.149 e. The first kappa shape index (κ1) is 14.2. The predicted molar refractivity (Wildman–Crippen MR) is 54.1 cm³/mol. The number of nitrogens with two attached hydrogens (primary N) is 1. The summed E-state index contributed by atoms with van der Waals surface area (Å²) in [5, 5.41) is 0. The number of hydrogen-bond donors (Lipinski definition) is 1. The summed E-state index contributed by atoms with van der Waals surface area (Å²) < 4.78 is 0. The maximum atomic E-state index is 11.1. The van der Waals surface area contributed by atoms with E-state index in [0.717, 1.165) is 6.42 Å². The van der Waals surface area contributed by atoms with Crippen molar-refractivity contribution < 1.29 is 4.79 Å². The zero-order chi connectivity index (χ0) is 10.1. The van der Waals surface area contributed by atoms with Crippen molar-refractivity contribution in [3.05, 3.63) is 0 Å². The number of rotatable bonds is 4. The SMILES string of the molecule is CC.CCCC(=O)C(N)C(C)C. The van der Waals surface area contributed by atoms with E-state index in [9.17, 15) is 4.79 Å². The average molecular weight is 173 g/mol. The topological polar surface area (TPSA) is 43.1 Å². The van der Waals surface area contributed by atoms with Crippen LogP contribution in [-0.2, 0) is 4.79 Å². The van der Waals surface area contributed by atoms with E-state index >= 15 is 0 Å². The molecule has 12 heavy (non-hydrogen) atoms. The van der Waals surface area contributed by atoms with E-state index in [-0.39, 0.29) is 17.7 Å². The Kier molecular flexibility index (Phi) is 10.3. The minimum absolute atomic E-state index is 0.192. The Balaban J connectivity index is 0. The van der Waals surface area contributed by atoms with Crippen LogP contribution in [0.25, 0.3) is 0 Å². The maximum absolute atomic E-state index is 11.1. The summed E-state index contributed by atoms with van der Waals surface area (Å²) in [5.74, 6) is 0.469. The Morgan fingerprint density at radius 3 is 2.00 bits per heavy atom. The summed E-state index contributed by atoms with van der Waals surface area (Å²) in [6.45, 7) is 9.93. The van der Waals surface area contributed by atoms with Crippen molar-refractivity contribution in [2.45, 2.75) is 53.5 Å². The van der Waals surface area contributed by atoms with Crippen molar-refractivity contribution in [2.24, 2.45) is 11.7 Å². The summed E-state index contributed by atoms with van der Waals surface area (Å²) in [7, 11) is 0. The fourth-order valence-corrected chi connectivity index (χ4v) is 0.785. The largest absolute Gasteiger partial charge is 0.321 e. The standard InChI is InChI=1S/C8H17NO.C2H6/c1-4-5-7(10)8(9)6(2)3;1-2/h6,8H,4-5,9H2,1-3H3;1-2H3. The molecule has 0 fully saturated rings. The molecule has 0 aliphatic rings. The highest BCUT2D eigenvalue weighted by molar-refractivity contribution is 5.83. The molecule has 0 saturated heterocycles. The van der Waals surface area contributed by atoms with E-state index in [4.69, 9.17) is 5.73 Å². The number of hydrogen-bond acceptors (Lipinski definition) is 2. The zero-order valence-electron chi connectivity index (χ0n) is 9.05. The molecule has 0 aromatic rings. The zero-order valence-corrected chi connectivity index (χ0v) is 9.05. The molecule has 0 aromatic heterocycles. The molecule has 0 saturated carbocycles. The van der Waals surface area contributed by atoms with E-state index in [1.165, 1.54) is 0 Å². The van der Waals surface area contributed by atoms with Crippen molar-refractivity contribution in [1.29, 1.82) is 0 Å². The van der Waals surface area contributed by atoms with Crippen molar-refractivity contribution in [3.8, 4) is 0 Å². The average Bonchev–Trinajstić information content (AvgIpc) is 2.07. The second-order valence-electron chi connectivity index (χ2n) is 2.99. The lowest BCUT2D eigenvalue weighted by atomic mass is 9.98. The van der Waals surface area contributed by atoms with Gasteiger partial charge in [0.15, 0.2) is 0 Å². The van der Waals surface area contributed by atoms with Crippen LogP contribution in [0, 0.1) is 5.92 Å². The van der Waals surface area contributed by atoms with Gasteiger partial charge in [0.1, 0.15) is 5.78 Å². The van der Waals surface area contributed by atoms with Crippen molar-refractivity contribution in [1.82, 2.24) is 0 Å². The van der Waals surface area contributed by atoms with Gasteiger partial charge in [0.05, 0.1) is 6.04 Å². The third-order valence-corrected chi connectivity index (χ3v) is 1.59. The summed E-state index contributed by atoms with van der Waals surface area (Å²) >= 11 is 0. The number of carbonyl (C=O) groups is 1. The molecule has 0 aromatic carbocycles. The van der Waals surface area contributed by atoms with E-state index in [2.05, 4.69) is 0 Å². The lowest BCUT2D eigenvalue weighted by Crippen LogP contribution is -2.35. The summed E-state index contributed by atoms with van der Waals surface area (Å²) in [5.41, 5.74) is 5.60. The second kappa shape index (κ2) is 8.72. The van der Waals surface area contributed by atoms with Crippen molar-refractivity contribution in [2.75, 3.05) is 0 Å². The van der Waals surface area contributed by atoms with E-state index in [1.54, 1.807) is 0 Å². The highest BCUT2D eigenvalue weighted by Gasteiger charge is 2.15. The molecule has 2 N–H and O–H groups in total. The van der Waals surface area contributed by atoms with Gasteiger partial charge in [0.2, 0.25) is 0 Å². The fourth-order valence-electron chi connectivity index (χ4n) is 0.785. The van der Waals surface area contributed by atoms with E-state index in [0.29, 0.717) is 6.42 Å². The van der Waals surface area contributed by atoms with Gasteiger partial charge in [-0.15, -0.1) is 0 Å². The van der Waals surface area contributed by atoms with Crippen LogP contribution in [0.5, 0.6) is 0 Å². The van der Waals surface area contributed by atoms with Crippen LogP contribution in [0.4, 0.5) is 0 Å². The van der Waals surface area contributed by atoms with Crippen LogP contribution in [0.15, 0.2) is 0 Å². The molecule has 0 spiro atoms. The summed E-state index contributed by atoms with van der Waals surface area (Å²) in [6.07, 6.45) is 1.53. The van der Waals surface area contributed by atoms with Crippen LogP contribution in [0.2, 0.25) is 0 Å².